The Hall–Kier alpha value is -1.42. The van der Waals surface area contributed by atoms with Gasteiger partial charge >= 0.3 is 11.9 Å². The van der Waals surface area contributed by atoms with Gasteiger partial charge in [0, 0.05) is 25.7 Å². The quantitative estimate of drug-likeness (QED) is 0.541. The Morgan fingerprint density at radius 1 is 0.750 bits per heavy atom. The van der Waals surface area contributed by atoms with Crippen LogP contribution >= 0.6 is 0 Å². The fraction of sp³-hybridized carbons (Fsp3) is 0.889. The average Bonchev–Trinajstić information content (AvgIpc) is 2.66. The highest BCUT2D eigenvalue weighted by atomic mass is 19.3. The number of carbonyl (C=O) groups excluding carboxylic acids is 2. The van der Waals surface area contributed by atoms with Gasteiger partial charge in [-0.25, -0.2) is 17.6 Å². The third-order valence-corrected chi connectivity index (χ3v) is 5.49. The molecule has 0 aromatic carbocycles. The second-order valence-electron chi connectivity index (χ2n) is 7.48. The lowest BCUT2D eigenvalue weighted by atomic mass is 9.82. The Morgan fingerprint density at radius 2 is 1.00 bits per heavy atom. The molecule has 0 aromatic rings. The van der Waals surface area contributed by atoms with Gasteiger partial charge in [0.1, 0.15) is 12.1 Å². The molecule has 2 fully saturated rings. The lowest BCUT2D eigenvalue weighted by molar-refractivity contribution is -0.145. The molecule has 2 rings (SSSR count). The largest absolute Gasteiger partial charge is 0.468 e. The predicted molar refractivity (Wildman–Crippen MR) is 93.8 cm³/mol. The molecule has 0 saturated heterocycles. The maximum atomic E-state index is 12.8. The van der Waals surface area contributed by atoms with E-state index < -0.39 is 35.9 Å². The molecule has 4 N–H and O–H groups in total. The van der Waals surface area contributed by atoms with E-state index in [2.05, 4.69) is 9.47 Å². The van der Waals surface area contributed by atoms with Crippen LogP contribution in [0.3, 0.4) is 0 Å². The Morgan fingerprint density at radius 3 is 1.21 bits per heavy atom. The van der Waals surface area contributed by atoms with Crippen molar-refractivity contribution >= 4 is 11.9 Å². The van der Waals surface area contributed by atoms with Crippen molar-refractivity contribution < 1.29 is 36.6 Å². The molecule has 2 aliphatic rings. The third kappa shape index (κ3) is 7.54. The first-order valence-electron chi connectivity index (χ1n) is 9.35. The van der Waals surface area contributed by atoms with Crippen LogP contribution in [0, 0.1) is 11.8 Å². The molecule has 164 valence electrons. The van der Waals surface area contributed by atoms with Gasteiger partial charge in [0.05, 0.1) is 14.2 Å². The van der Waals surface area contributed by atoms with Crippen LogP contribution in [0.2, 0.25) is 0 Å². The summed E-state index contributed by atoms with van der Waals surface area (Å²) in [5.74, 6) is -6.51. The van der Waals surface area contributed by atoms with Crippen molar-refractivity contribution in [1.29, 1.82) is 0 Å². The summed E-state index contributed by atoms with van der Waals surface area (Å²) in [4.78, 5) is 22.1. The molecule has 0 radical (unpaired) electrons. The number of nitrogens with two attached hydrogens (primary N) is 2. The summed E-state index contributed by atoms with van der Waals surface area (Å²) >= 11 is 0. The highest BCUT2D eigenvalue weighted by Gasteiger charge is 2.39. The number of alkyl halides is 4. The molecular formula is C18H30F4N2O4. The number of methoxy groups -OCH3 is 2. The molecule has 0 aliphatic heterocycles. The summed E-state index contributed by atoms with van der Waals surface area (Å²) in [5.41, 5.74) is 11.1. The van der Waals surface area contributed by atoms with Crippen molar-refractivity contribution in [3.05, 3.63) is 0 Å². The maximum Gasteiger partial charge on any atom is 0.322 e. The van der Waals surface area contributed by atoms with E-state index in [9.17, 15) is 27.2 Å². The summed E-state index contributed by atoms with van der Waals surface area (Å²) in [5, 5.41) is 0. The van der Waals surface area contributed by atoms with E-state index in [0.717, 1.165) is 0 Å². The summed E-state index contributed by atoms with van der Waals surface area (Å²) in [7, 11) is 2.50. The first-order chi connectivity index (χ1) is 12.9. The summed E-state index contributed by atoms with van der Waals surface area (Å²) in [6, 6.07) is -1.51. The van der Waals surface area contributed by atoms with E-state index in [-0.39, 0.29) is 37.5 Å². The predicted octanol–water partition coefficient (Wildman–Crippen LogP) is 2.62. The lowest BCUT2D eigenvalue weighted by Gasteiger charge is -2.30. The summed E-state index contributed by atoms with van der Waals surface area (Å²) < 4.78 is 60.0. The van der Waals surface area contributed by atoms with E-state index in [1.165, 1.54) is 14.2 Å². The molecule has 28 heavy (non-hydrogen) atoms. The smallest absolute Gasteiger partial charge is 0.322 e. The zero-order valence-electron chi connectivity index (χ0n) is 16.3. The van der Waals surface area contributed by atoms with E-state index in [1.807, 2.05) is 0 Å². The van der Waals surface area contributed by atoms with Crippen molar-refractivity contribution in [2.45, 2.75) is 75.3 Å². The van der Waals surface area contributed by atoms with Crippen molar-refractivity contribution in [3.8, 4) is 0 Å². The van der Waals surface area contributed by atoms with E-state index >= 15 is 0 Å². The normalized spacial score (nSPS) is 24.3. The van der Waals surface area contributed by atoms with Gasteiger partial charge in [-0.3, -0.25) is 9.59 Å². The number of halogens is 4. The molecule has 0 heterocycles. The van der Waals surface area contributed by atoms with Crippen molar-refractivity contribution in [3.63, 3.8) is 0 Å². The van der Waals surface area contributed by atoms with Crippen LogP contribution in [0.15, 0.2) is 0 Å². The topological polar surface area (TPSA) is 105 Å². The standard InChI is InChI=1S/2C9H15F2NO2/c2*1-14-8(13)7(12)6-2-4-9(10,11)5-3-6/h2*6-7H,2-5,12H2,1H3/t2*7-/m00/s1. The van der Waals surface area contributed by atoms with Gasteiger partial charge in [-0.15, -0.1) is 0 Å². The molecule has 2 atom stereocenters. The molecule has 0 bridgehead atoms. The van der Waals surface area contributed by atoms with Crippen molar-refractivity contribution in [2.24, 2.45) is 23.3 Å². The van der Waals surface area contributed by atoms with Gasteiger partial charge in [0.2, 0.25) is 11.8 Å². The zero-order valence-corrected chi connectivity index (χ0v) is 16.3. The molecule has 0 spiro atoms. The molecule has 6 nitrogen and oxygen atoms in total. The number of hydrogen-bond donors (Lipinski definition) is 2. The molecular weight excluding hydrogens is 384 g/mol. The molecule has 0 amide bonds. The minimum absolute atomic E-state index is 0.165. The summed E-state index contributed by atoms with van der Waals surface area (Å²) in [6.07, 6.45) is 0.467. The average molecular weight is 414 g/mol. The fourth-order valence-corrected chi connectivity index (χ4v) is 3.50. The van der Waals surface area contributed by atoms with Crippen LogP contribution in [0.25, 0.3) is 0 Å². The number of rotatable bonds is 4. The first-order valence-corrected chi connectivity index (χ1v) is 9.35. The molecule has 2 saturated carbocycles. The van der Waals surface area contributed by atoms with E-state index in [4.69, 9.17) is 11.5 Å². The second-order valence-corrected chi connectivity index (χ2v) is 7.48. The van der Waals surface area contributed by atoms with Crippen LogP contribution in [0.5, 0.6) is 0 Å². The van der Waals surface area contributed by atoms with Crippen molar-refractivity contribution in [1.82, 2.24) is 0 Å². The highest BCUT2D eigenvalue weighted by molar-refractivity contribution is 5.76. The minimum atomic E-state index is -2.58. The van der Waals surface area contributed by atoms with Gasteiger partial charge < -0.3 is 20.9 Å². The van der Waals surface area contributed by atoms with E-state index in [1.54, 1.807) is 0 Å². The van der Waals surface area contributed by atoms with Gasteiger partial charge in [0.25, 0.3) is 0 Å². The Balaban J connectivity index is 0.000000280. The van der Waals surface area contributed by atoms with E-state index in [0.29, 0.717) is 25.7 Å². The summed E-state index contributed by atoms with van der Waals surface area (Å²) in [6.45, 7) is 0. The molecule has 2 aliphatic carbocycles. The molecule has 10 heteroatoms. The lowest BCUT2D eigenvalue weighted by Crippen LogP contribution is -2.42. The highest BCUT2D eigenvalue weighted by Crippen LogP contribution is 2.38. The maximum absolute atomic E-state index is 12.8. The SMILES string of the molecule is COC(=O)[C@@H](N)C1CCC(F)(F)CC1.COC(=O)[C@@H](N)C1CCC(F)(F)CC1. The number of hydrogen-bond acceptors (Lipinski definition) is 6. The Labute approximate surface area is 162 Å². The van der Waals surface area contributed by atoms with Crippen LogP contribution in [0.1, 0.15) is 51.4 Å². The third-order valence-electron chi connectivity index (χ3n) is 5.49. The number of carbonyl (C=O) groups is 2. The van der Waals surface area contributed by atoms with Crippen LogP contribution in [-0.4, -0.2) is 50.1 Å². The van der Waals surface area contributed by atoms with Gasteiger partial charge in [0.15, 0.2) is 0 Å². The first kappa shape index (κ1) is 24.6. The zero-order chi connectivity index (χ0) is 21.5. The molecule has 0 aromatic heterocycles. The number of ether oxygens (including phenoxy) is 2. The second kappa shape index (κ2) is 10.4. The van der Waals surface area contributed by atoms with Crippen molar-refractivity contribution in [2.75, 3.05) is 14.2 Å². The van der Waals surface area contributed by atoms with Gasteiger partial charge in [-0.05, 0) is 37.5 Å². The van der Waals surface area contributed by atoms with Crippen LogP contribution in [-0.2, 0) is 19.1 Å². The monoisotopic (exact) mass is 414 g/mol. The fourth-order valence-electron chi connectivity index (χ4n) is 3.50. The van der Waals surface area contributed by atoms with Gasteiger partial charge in [-0.2, -0.15) is 0 Å². The molecule has 0 unspecified atom stereocenters. The number of esters is 2. The minimum Gasteiger partial charge on any atom is -0.468 e. The van der Waals surface area contributed by atoms with Crippen LogP contribution in [0.4, 0.5) is 17.6 Å². The van der Waals surface area contributed by atoms with Gasteiger partial charge in [-0.1, -0.05) is 0 Å². The van der Waals surface area contributed by atoms with Crippen LogP contribution < -0.4 is 11.5 Å². The Bertz CT molecular complexity index is 468. The Kier molecular flexibility index (Phi) is 9.13.